The smallest absolute Gasteiger partial charge is 1.00 e. The van der Waals surface area contributed by atoms with Gasteiger partial charge in [0.05, 0.1) is 0 Å². The van der Waals surface area contributed by atoms with Crippen LogP contribution in [0.5, 0.6) is 0 Å². The van der Waals surface area contributed by atoms with Crippen LogP contribution in [0.3, 0.4) is 0 Å². The molecule has 7 heteroatoms. The molecule has 0 aliphatic rings. The van der Waals surface area contributed by atoms with E-state index in [1.807, 2.05) is 20.8 Å². The Balaban J connectivity index is -0.000000845. The van der Waals surface area contributed by atoms with Crippen molar-refractivity contribution in [3.63, 3.8) is 0 Å². The van der Waals surface area contributed by atoms with Crippen LogP contribution in [0.1, 0.15) is 29.1 Å². The first-order valence-corrected chi connectivity index (χ1v) is 7.98. The fraction of sp³-hybridized carbons (Fsp3) is 0.875. The van der Waals surface area contributed by atoms with Crippen LogP contribution in [0.15, 0.2) is 0 Å². The number of hydrogen-bond donors (Lipinski definition) is 0. The molecule has 0 aromatic rings. The fourth-order valence-corrected chi connectivity index (χ4v) is 5.41. The molecular formula is C8H19NaO4SSi. The van der Waals surface area contributed by atoms with Crippen molar-refractivity contribution in [2.45, 2.75) is 27.7 Å². The molecule has 0 saturated carbocycles. The van der Waals surface area contributed by atoms with E-state index in [9.17, 15) is 4.79 Å². The van der Waals surface area contributed by atoms with Crippen LogP contribution in [0.4, 0.5) is 0 Å². The Morgan fingerprint density at radius 3 is 1.67 bits per heavy atom. The van der Waals surface area contributed by atoms with Gasteiger partial charge >= 0.3 is 37.5 Å². The summed E-state index contributed by atoms with van der Waals surface area (Å²) < 4.78 is 16.4. The standard InChI is InChI=1S/C8H18O4SSi.Na.H/c1-5-10-14(11-6-2,12-7-3)13-8(4)9;;/h5-7H2,1-4H3;;/q;+1;-1. The molecule has 0 aliphatic heterocycles. The van der Waals surface area contributed by atoms with Crippen LogP contribution in [0.25, 0.3) is 0 Å². The van der Waals surface area contributed by atoms with E-state index < -0.39 is 7.95 Å². The van der Waals surface area contributed by atoms with Gasteiger partial charge in [-0.15, -0.1) is 0 Å². The first-order chi connectivity index (χ1) is 6.60. The van der Waals surface area contributed by atoms with Crippen molar-refractivity contribution < 1.29 is 49.1 Å². The van der Waals surface area contributed by atoms with Gasteiger partial charge in [-0.05, 0) is 32.0 Å². The molecule has 0 fully saturated rings. The number of rotatable bonds is 7. The van der Waals surface area contributed by atoms with Gasteiger partial charge in [0.1, 0.15) is 0 Å². The van der Waals surface area contributed by atoms with Gasteiger partial charge in [-0.1, -0.05) is 0 Å². The average Bonchev–Trinajstić information content (AvgIpc) is 2.03. The zero-order valence-electron chi connectivity index (χ0n) is 11.2. The monoisotopic (exact) mass is 262 g/mol. The molecule has 0 rings (SSSR count). The Bertz CT molecular complexity index is 170. The molecule has 4 nitrogen and oxygen atoms in total. The number of hydrogen-bond acceptors (Lipinski definition) is 5. The minimum atomic E-state index is -2.79. The van der Waals surface area contributed by atoms with Crippen LogP contribution >= 0.6 is 11.2 Å². The summed E-state index contributed by atoms with van der Waals surface area (Å²) in [5.41, 5.74) is 0. The molecule has 0 atom stereocenters. The van der Waals surface area contributed by atoms with E-state index in [-0.39, 0.29) is 36.1 Å². The molecule has 0 amide bonds. The van der Waals surface area contributed by atoms with E-state index in [4.69, 9.17) is 13.3 Å². The van der Waals surface area contributed by atoms with Crippen LogP contribution < -0.4 is 29.6 Å². The molecule has 0 unspecified atom stereocenters. The summed E-state index contributed by atoms with van der Waals surface area (Å²) >= 11 is 1.05. The van der Waals surface area contributed by atoms with Crippen molar-refractivity contribution in [3.8, 4) is 0 Å². The molecular weight excluding hydrogens is 243 g/mol. The van der Waals surface area contributed by atoms with E-state index in [1.54, 1.807) is 0 Å². The Morgan fingerprint density at radius 2 is 1.47 bits per heavy atom. The summed E-state index contributed by atoms with van der Waals surface area (Å²) in [5.74, 6) is 0. The molecule has 0 N–H and O–H groups in total. The Hall–Kier alpha value is 1.12. The van der Waals surface area contributed by atoms with Crippen LogP contribution in [0.2, 0.25) is 0 Å². The van der Waals surface area contributed by atoms with Gasteiger partial charge in [-0.3, -0.25) is 4.79 Å². The third kappa shape index (κ3) is 7.92. The van der Waals surface area contributed by atoms with E-state index in [0.717, 1.165) is 11.2 Å². The van der Waals surface area contributed by atoms with E-state index >= 15 is 0 Å². The topological polar surface area (TPSA) is 44.8 Å². The summed E-state index contributed by atoms with van der Waals surface area (Å²) in [7, 11) is -2.79. The van der Waals surface area contributed by atoms with Crippen LogP contribution in [0, 0.1) is 0 Å². The second kappa shape index (κ2) is 10.3. The average molecular weight is 262 g/mol. The maximum atomic E-state index is 11.0. The van der Waals surface area contributed by atoms with Crippen molar-refractivity contribution in [3.05, 3.63) is 0 Å². The third-order valence-corrected chi connectivity index (χ3v) is 6.37. The molecule has 0 aliphatic carbocycles. The van der Waals surface area contributed by atoms with Gasteiger partial charge in [0.2, 0.25) is 0 Å². The molecule has 0 saturated heterocycles. The fourth-order valence-electron chi connectivity index (χ4n) is 0.920. The zero-order chi connectivity index (χ0) is 11.0. The normalized spacial score (nSPS) is 10.9. The van der Waals surface area contributed by atoms with Gasteiger partial charge in [-0.25, -0.2) is 0 Å². The Kier molecular flexibility index (Phi) is 12.7. The summed E-state index contributed by atoms with van der Waals surface area (Å²) in [6, 6.07) is 0. The quantitative estimate of drug-likeness (QED) is 0.547. The molecule has 0 spiro atoms. The van der Waals surface area contributed by atoms with Crippen molar-refractivity contribution >= 4 is 24.3 Å². The molecule has 0 radical (unpaired) electrons. The third-order valence-electron chi connectivity index (χ3n) is 1.23. The van der Waals surface area contributed by atoms with E-state index in [1.165, 1.54) is 6.92 Å². The molecule has 15 heavy (non-hydrogen) atoms. The van der Waals surface area contributed by atoms with Gasteiger partial charge < -0.3 is 14.7 Å². The molecule has 86 valence electrons. The molecule has 0 aromatic heterocycles. The van der Waals surface area contributed by atoms with Gasteiger partial charge in [0.25, 0.3) is 0 Å². The number of carbonyl (C=O) groups is 1. The van der Waals surface area contributed by atoms with Gasteiger partial charge in [0.15, 0.2) is 5.12 Å². The van der Waals surface area contributed by atoms with E-state index in [0.29, 0.717) is 19.8 Å². The molecule has 0 aromatic carbocycles. The minimum absolute atomic E-state index is 0. The first-order valence-electron chi connectivity index (χ1n) is 4.71. The predicted octanol–water partition coefficient (Wildman–Crippen LogP) is -1.07. The van der Waals surface area contributed by atoms with Crippen molar-refractivity contribution in [1.29, 1.82) is 0 Å². The summed E-state index contributed by atoms with van der Waals surface area (Å²) in [6.45, 7) is 8.55. The summed E-state index contributed by atoms with van der Waals surface area (Å²) in [4.78, 5) is 11.0. The molecule has 0 heterocycles. The largest absolute Gasteiger partial charge is 1.00 e. The zero-order valence-corrected chi connectivity index (χ0v) is 14.0. The van der Waals surface area contributed by atoms with Crippen molar-refractivity contribution in [2.75, 3.05) is 19.8 Å². The Morgan fingerprint density at radius 1 is 1.13 bits per heavy atom. The maximum Gasteiger partial charge on any atom is 1.00 e. The van der Waals surface area contributed by atoms with Crippen LogP contribution in [-0.2, 0) is 18.1 Å². The van der Waals surface area contributed by atoms with Crippen LogP contribution in [-0.4, -0.2) is 32.9 Å². The molecule has 0 bridgehead atoms. The maximum absolute atomic E-state index is 11.0. The summed E-state index contributed by atoms with van der Waals surface area (Å²) in [5, 5.41) is -0.0352. The predicted molar refractivity (Wildman–Crippen MR) is 60.0 cm³/mol. The minimum Gasteiger partial charge on any atom is -1.00 e. The van der Waals surface area contributed by atoms with E-state index in [2.05, 4.69) is 0 Å². The second-order valence-electron chi connectivity index (χ2n) is 2.39. The second-order valence-corrected chi connectivity index (χ2v) is 7.15. The Labute approximate surface area is 120 Å². The van der Waals surface area contributed by atoms with Gasteiger partial charge in [-0.2, -0.15) is 0 Å². The van der Waals surface area contributed by atoms with Crippen molar-refractivity contribution in [2.24, 2.45) is 0 Å². The van der Waals surface area contributed by atoms with Crippen molar-refractivity contribution in [1.82, 2.24) is 0 Å². The SMILES string of the molecule is CCO[Si](OCC)(OCC)SC(C)=O.[H-].[Na+]. The summed E-state index contributed by atoms with van der Waals surface area (Å²) in [6.07, 6.45) is 0. The van der Waals surface area contributed by atoms with Gasteiger partial charge in [0, 0.05) is 26.7 Å². The first kappa shape index (κ1) is 18.5. The number of carbonyl (C=O) groups excluding carboxylic acids is 1.